The molecule has 0 unspecified atom stereocenters. The molecule has 0 radical (unpaired) electrons. The number of pyridine rings is 1. The molecule has 1 N–H and O–H groups in total. The van der Waals surface area contributed by atoms with Crippen molar-refractivity contribution in [1.82, 2.24) is 4.98 Å². The van der Waals surface area contributed by atoms with Crippen LogP contribution in [0.4, 0.5) is 0 Å². The maximum atomic E-state index is 10.0. The average molecular weight is 601 g/mol. The van der Waals surface area contributed by atoms with Gasteiger partial charge in [-0.05, 0) is 13.8 Å². The molecular formula is C18H16NO2PtTe-. The molecule has 0 bridgehead atoms. The molecule has 23 heavy (non-hydrogen) atoms. The van der Waals surface area contributed by atoms with Crippen molar-refractivity contribution < 1.29 is 31.0 Å². The van der Waals surface area contributed by atoms with Gasteiger partial charge < -0.3 is 5.11 Å². The first-order valence-electron chi connectivity index (χ1n) is 6.76. The van der Waals surface area contributed by atoms with Crippen LogP contribution in [0.3, 0.4) is 0 Å². The van der Waals surface area contributed by atoms with Gasteiger partial charge in [0.15, 0.2) is 5.78 Å². The number of allylic oxidation sites excluding steroid dienone is 2. The minimum absolute atomic E-state index is 0. The molecule has 0 aliphatic rings. The summed E-state index contributed by atoms with van der Waals surface area (Å²) in [5.41, 5.74) is 1.09. The molecule has 0 fully saturated rings. The fourth-order valence-corrected chi connectivity index (χ4v) is 4.63. The van der Waals surface area contributed by atoms with Gasteiger partial charge in [-0.25, -0.2) is 0 Å². The number of hydrogen-bond donors (Lipinski definition) is 1. The molecule has 0 spiro atoms. The molecule has 0 atom stereocenters. The van der Waals surface area contributed by atoms with Crippen LogP contribution in [-0.2, 0) is 25.9 Å². The van der Waals surface area contributed by atoms with Gasteiger partial charge >= 0.3 is 98.2 Å². The maximum absolute atomic E-state index is 10.0. The van der Waals surface area contributed by atoms with Gasteiger partial charge in [-0.2, -0.15) is 0 Å². The monoisotopic (exact) mass is 603 g/mol. The number of aromatic nitrogens is 1. The van der Waals surface area contributed by atoms with Gasteiger partial charge in [0, 0.05) is 27.1 Å². The summed E-state index contributed by atoms with van der Waals surface area (Å²) >= 11 is -0.266. The fraction of sp³-hybridized carbons (Fsp3) is 0.111. The van der Waals surface area contributed by atoms with Crippen LogP contribution in [-0.4, -0.2) is 36.3 Å². The van der Waals surface area contributed by atoms with Crippen LogP contribution in [0.5, 0.6) is 0 Å². The van der Waals surface area contributed by atoms with E-state index in [1.54, 1.807) is 0 Å². The number of aliphatic hydroxyl groups excluding tert-OH is 1. The van der Waals surface area contributed by atoms with E-state index in [1.165, 1.54) is 32.3 Å². The molecule has 3 rings (SSSR count). The molecule has 0 saturated carbocycles. The first-order chi connectivity index (χ1) is 10.6. The van der Waals surface area contributed by atoms with E-state index < -0.39 is 0 Å². The van der Waals surface area contributed by atoms with Crippen molar-refractivity contribution >= 4 is 35.0 Å². The number of fused-ring (bicyclic) bond motifs is 1. The van der Waals surface area contributed by atoms with Gasteiger partial charge in [0.05, 0.1) is 5.76 Å². The predicted octanol–water partition coefficient (Wildman–Crippen LogP) is 3.79. The Morgan fingerprint density at radius 2 is 1.87 bits per heavy atom. The standard InChI is InChI=1S/C13H8NTe.C5H8O2.Pt/c1-2-7-12-10(5-1)9-13(15-12)11-6-3-4-8-14-11;1-4(6)3-5(2)7;/h1-8H;3,6H,1-2H3;/q-1;;/b;4-3-;. The van der Waals surface area contributed by atoms with Crippen molar-refractivity contribution in [3.63, 3.8) is 0 Å². The topological polar surface area (TPSA) is 50.2 Å². The molecule has 5 heteroatoms. The second kappa shape index (κ2) is 9.83. The Balaban J connectivity index is 0.000000287. The van der Waals surface area contributed by atoms with E-state index in [-0.39, 0.29) is 53.0 Å². The zero-order chi connectivity index (χ0) is 15.9. The summed E-state index contributed by atoms with van der Waals surface area (Å²) in [6.07, 6.45) is 3.01. The first kappa shape index (κ1) is 19.8. The number of benzene rings is 1. The Morgan fingerprint density at radius 1 is 1.17 bits per heavy atom. The van der Waals surface area contributed by atoms with Crippen LogP contribution in [0, 0.1) is 6.07 Å². The van der Waals surface area contributed by atoms with Gasteiger partial charge in [-0.3, -0.25) is 4.79 Å². The predicted molar refractivity (Wildman–Crippen MR) is 90.0 cm³/mol. The van der Waals surface area contributed by atoms with E-state index in [0.29, 0.717) is 0 Å². The van der Waals surface area contributed by atoms with Crippen LogP contribution in [0.1, 0.15) is 13.8 Å². The van der Waals surface area contributed by atoms with Gasteiger partial charge in [0.1, 0.15) is 0 Å². The number of carbonyl (C=O) groups excluding carboxylic acids is 1. The summed E-state index contributed by atoms with van der Waals surface area (Å²) in [6, 6.07) is 18.0. The molecule has 2 aromatic heterocycles. The second-order valence-corrected chi connectivity index (χ2v) is 7.67. The van der Waals surface area contributed by atoms with E-state index in [4.69, 9.17) is 5.11 Å². The van der Waals surface area contributed by atoms with Crippen LogP contribution in [0.2, 0.25) is 0 Å². The molecule has 122 valence electrons. The van der Waals surface area contributed by atoms with E-state index in [0.717, 1.165) is 5.69 Å². The van der Waals surface area contributed by atoms with Crippen molar-refractivity contribution in [2.45, 2.75) is 13.8 Å². The number of nitrogens with zero attached hydrogens (tertiary/aromatic N) is 1. The third-order valence-electron chi connectivity index (χ3n) is 2.66. The van der Waals surface area contributed by atoms with Crippen molar-refractivity contribution in [3.05, 3.63) is 66.6 Å². The van der Waals surface area contributed by atoms with Crippen LogP contribution in [0.15, 0.2) is 60.5 Å². The number of rotatable bonds is 2. The summed E-state index contributed by atoms with van der Waals surface area (Å²) < 4.78 is 2.80. The first-order valence-corrected chi connectivity index (χ1v) is 9.09. The van der Waals surface area contributed by atoms with E-state index >= 15 is 0 Å². The normalized spacial score (nSPS) is 10.4. The summed E-state index contributed by atoms with van der Waals surface area (Å²) in [5, 5.41) is 9.63. The second-order valence-electron chi connectivity index (χ2n) is 4.66. The molecule has 0 saturated heterocycles. The Bertz CT molecular complexity index is 760. The number of hydrogen-bond acceptors (Lipinski definition) is 3. The van der Waals surface area contributed by atoms with Gasteiger partial charge in [-0.1, -0.05) is 0 Å². The molecule has 0 aliphatic heterocycles. The third kappa shape index (κ3) is 6.43. The molecular weight excluding hydrogens is 585 g/mol. The Labute approximate surface area is 160 Å². The van der Waals surface area contributed by atoms with Crippen molar-refractivity contribution in [1.29, 1.82) is 0 Å². The Morgan fingerprint density at radius 3 is 2.39 bits per heavy atom. The van der Waals surface area contributed by atoms with Crippen molar-refractivity contribution in [2.24, 2.45) is 0 Å². The molecule has 2 heterocycles. The molecule has 1 aromatic carbocycles. The fourth-order valence-electron chi connectivity index (χ4n) is 1.82. The summed E-state index contributed by atoms with van der Waals surface area (Å²) in [4.78, 5) is 14.4. The van der Waals surface area contributed by atoms with Gasteiger partial charge in [-0.15, -0.1) is 0 Å². The number of aliphatic hydroxyl groups is 1. The van der Waals surface area contributed by atoms with E-state index in [2.05, 4.69) is 41.4 Å². The summed E-state index contributed by atoms with van der Waals surface area (Å²) in [6.45, 7) is 2.85. The zero-order valence-electron chi connectivity index (χ0n) is 12.7. The van der Waals surface area contributed by atoms with Crippen LogP contribution < -0.4 is 0 Å². The molecule has 0 amide bonds. The third-order valence-corrected chi connectivity index (χ3v) is 5.77. The van der Waals surface area contributed by atoms with Gasteiger partial charge in [0.2, 0.25) is 0 Å². The molecule has 0 aliphatic carbocycles. The quantitative estimate of drug-likeness (QED) is 0.211. The average Bonchev–Trinajstić information content (AvgIpc) is 2.91. The number of carbonyl (C=O) groups is 1. The molecule has 3 nitrogen and oxygen atoms in total. The summed E-state index contributed by atoms with van der Waals surface area (Å²) in [7, 11) is 0. The van der Waals surface area contributed by atoms with E-state index in [1.807, 2.05) is 18.3 Å². The van der Waals surface area contributed by atoms with Crippen molar-refractivity contribution in [2.75, 3.05) is 0 Å². The van der Waals surface area contributed by atoms with E-state index in [9.17, 15) is 4.79 Å². The van der Waals surface area contributed by atoms with Crippen LogP contribution in [0.25, 0.3) is 18.1 Å². The Hall–Kier alpha value is -1.20. The van der Waals surface area contributed by atoms with Crippen molar-refractivity contribution in [3.8, 4) is 9.27 Å². The van der Waals surface area contributed by atoms with Gasteiger partial charge in [0.25, 0.3) is 0 Å². The zero-order valence-corrected chi connectivity index (χ0v) is 17.3. The minimum atomic E-state index is -0.266. The SMILES string of the molecule is CC(=O)/C=C(/C)O.[Pt].[c-]1c(-c2ccccn2)[te]c2ccccc12. The summed E-state index contributed by atoms with van der Waals surface area (Å²) in [5.74, 6) is -0.0625. The molecule has 3 aromatic rings. The Kier molecular flexibility index (Phi) is 8.48. The van der Waals surface area contributed by atoms with Crippen LogP contribution >= 0.6 is 0 Å². The number of ketones is 1.